The Balaban J connectivity index is 1.50. The molecule has 114 valence electrons. The monoisotopic (exact) mass is 279 g/mol. The van der Waals surface area contributed by atoms with Crippen LogP contribution in [-0.2, 0) is 13.1 Å². The lowest BCUT2D eigenvalue weighted by molar-refractivity contribution is 0.517. The molecule has 0 aliphatic heterocycles. The smallest absolute Gasteiger partial charge is 0.0964 e. The van der Waals surface area contributed by atoms with Gasteiger partial charge in [-0.1, -0.05) is 25.5 Å². The Labute approximate surface area is 122 Å². The van der Waals surface area contributed by atoms with Crippen LogP contribution in [0.15, 0.2) is 6.20 Å². The van der Waals surface area contributed by atoms with E-state index in [4.69, 9.17) is 0 Å². The zero-order chi connectivity index (χ0) is 14.2. The number of unbranched alkanes of at least 4 members (excludes halogenated alkanes) is 2. The molecule has 1 aliphatic carbocycles. The summed E-state index contributed by atoms with van der Waals surface area (Å²) in [6.45, 7) is 8.43. The summed E-state index contributed by atoms with van der Waals surface area (Å²) in [6.07, 6.45) is 8.55. The highest BCUT2D eigenvalue weighted by Crippen LogP contribution is 2.18. The molecule has 0 aromatic carbocycles. The van der Waals surface area contributed by atoms with Gasteiger partial charge < -0.3 is 10.6 Å². The minimum absolute atomic E-state index is 0.675. The van der Waals surface area contributed by atoms with E-state index in [1.54, 1.807) is 0 Å². The van der Waals surface area contributed by atoms with E-state index in [-0.39, 0.29) is 0 Å². The van der Waals surface area contributed by atoms with Crippen LogP contribution in [0.2, 0.25) is 0 Å². The third kappa shape index (κ3) is 6.48. The summed E-state index contributed by atoms with van der Waals surface area (Å²) in [5, 5.41) is 15.3. The van der Waals surface area contributed by atoms with Gasteiger partial charge in [-0.15, -0.1) is 5.10 Å². The Bertz CT molecular complexity index is 370. The normalized spacial score (nSPS) is 15.2. The summed E-state index contributed by atoms with van der Waals surface area (Å²) in [7, 11) is 0. The van der Waals surface area contributed by atoms with E-state index in [0.717, 1.165) is 31.4 Å². The highest BCUT2D eigenvalue weighted by Gasteiger charge is 2.19. The van der Waals surface area contributed by atoms with Gasteiger partial charge in [0.05, 0.1) is 5.69 Å². The van der Waals surface area contributed by atoms with E-state index in [1.807, 2.05) is 4.68 Å². The summed E-state index contributed by atoms with van der Waals surface area (Å²) in [5.41, 5.74) is 1.04. The standard InChI is InChI=1S/C15H29N5/c1-13(2)10-16-11-15-12-20(19-18-15)9-5-3-4-8-17-14-6-7-14/h12-14,16-17H,3-11H2,1-2H3. The van der Waals surface area contributed by atoms with Crippen molar-refractivity contribution in [2.45, 2.75) is 65.1 Å². The fourth-order valence-corrected chi connectivity index (χ4v) is 2.19. The number of nitrogens with zero attached hydrogens (tertiary/aromatic N) is 3. The second kappa shape index (κ2) is 8.37. The SMILES string of the molecule is CC(C)CNCc1cn(CCCCCNC2CC2)nn1. The average Bonchev–Trinajstić information content (AvgIpc) is 3.13. The summed E-state index contributed by atoms with van der Waals surface area (Å²) >= 11 is 0. The van der Waals surface area contributed by atoms with E-state index in [9.17, 15) is 0 Å². The molecule has 0 unspecified atom stereocenters. The fourth-order valence-electron chi connectivity index (χ4n) is 2.19. The van der Waals surface area contributed by atoms with Gasteiger partial charge in [-0.2, -0.15) is 0 Å². The van der Waals surface area contributed by atoms with Gasteiger partial charge in [-0.25, -0.2) is 0 Å². The van der Waals surface area contributed by atoms with Crippen LogP contribution >= 0.6 is 0 Å². The van der Waals surface area contributed by atoms with Crippen LogP contribution in [0.4, 0.5) is 0 Å². The highest BCUT2D eigenvalue weighted by molar-refractivity contribution is 4.91. The molecule has 1 saturated carbocycles. The van der Waals surface area contributed by atoms with Crippen LogP contribution in [-0.4, -0.2) is 34.1 Å². The minimum atomic E-state index is 0.675. The van der Waals surface area contributed by atoms with E-state index in [0.29, 0.717) is 5.92 Å². The Morgan fingerprint density at radius 3 is 2.90 bits per heavy atom. The first-order valence-corrected chi connectivity index (χ1v) is 8.07. The third-order valence-corrected chi connectivity index (χ3v) is 3.52. The Morgan fingerprint density at radius 2 is 2.15 bits per heavy atom. The van der Waals surface area contributed by atoms with E-state index in [2.05, 4.69) is 41.0 Å². The number of hydrogen-bond acceptors (Lipinski definition) is 4. The molecule has 5 nitrogen and oxygen atoms in total. The van der Waals surface area contributed by atoms with Crippen molar-refractivity contribution >= 4 is 0 Å². The molecule has 1 aromatic heterocycles. The van der Waals surface area contributed by atoms with Crippen LogP contribution in [0, 0.1) is 5.92 Å². The molecule has 2 N–H and O–H groups in total. The second-order valence-electron chi connectivity index (χ2n) is 6.29. The molecule has 0 bridgehead atoms. The molecule has 0 radical (unpaired) electrons. The minimum Gasteiger partial charge on any atom is -0.314 e. The van der Waals surface area contributed by atoms with Crippen LogP contribution < -0.4 is 10.6 Å². The van der Waals surface area contributed by atoms with Crippen LogP contribution in [0.1, 0.15) is 51.6 Å². The van der Waals surface area contributed by atoms with Gasteiger partial charge in [0.15, 0.2) is 0 Å². The summed E-state index contributed by atoms with van der Waals surface area (Å²) in [6, 6.07) is 0.839. The second-order valence-corrected chi connectivity index (χ2v) is 6.29. The predicted molar refractivity (Wildman–Crippen MR) is 81.4 cm³/mol. The topological polar surface area (TPSA) is 54.8 Å². The Morgan fingerprint density at radius 1 is 1.30 bits per heavy atom. The average molecular weight is 279 g/mol. The quantitative estimate of drug-likeness (QED) is 0.608. The van der Waals surface area contributed by atoms with Crippen molar-refractivity contribution in [3.63, 3.8) is 0 Å². The maximum Gasteiger partial charge on any atom is 0.0964 e. The van der Waals surface area contributed by atoms with E-state index in [1.165, 1.54) is 38.6 Å². The largest absolute Gasteiger partial charge is 0.314 e. The van der Waals surface area contributed by atoms with Crippen molar-refractivity contribution < 1.29 is 0 Å². The van der Waals surface area contributed by atoms with Gasteiger partial charge >= 0.3 is 0 Å². The molecule has 5 heteroatoms. The number of aryl methyl sites for hydroxylation is 1. The molecule has 0 amide bonds. The van der Waals surface area contributed by atoms with Gasteiger partial charge in [0.25, 0.3) is 0 Å². The summed E-state index contributed by atoms with van der Waals surface area (Å²) in [5.74, 6) is 0.675. The lowest BCUT2D eigenvalue weighted by Crippen LogP contribution is -2.19. The van der Waals surface area contributed by atoms with E-state index >= 15 is 0 Å². The molecular formula is C15H29N5. The van der Waals surface area contributed by atoms with Gasteiger partial charge in [0.1, 0.15) is 0 Å². The molecule has 1 heterocycles. The first-order valence-electron chi connectivity index (χ1n) is 8.07. The molecule has 0 atom stereocenters. The first-order chi connectivity index (χ1) is 9.74. The van der Waals surface area contributed by atoms with E-state index < -0.39 is 0 Å². The maximum atomic E-state index is 4.20. The zero-order valence-corrected chi connectivity index (χ0v) is 12.9. The Kier molecular flexibility index (Phi) is 6.47. The molecule has 1 aromatic rings. The van der Waals surface area contributed by atoms with Crippen molar-refractivity contribution in [3.8, 4) is 0 Å². The van der Waals surface area contributed by atoms with Crippen LogP contribution in [0.25, 0.3) is 0 Å². The van der Waals surface area contributed by atoms with Gasteiger partial charge in [-0.05, 0) is 44.7 Å². The van der Waals surface area contributed by atoms with Crippen molar-refractivity contribution in [2.24, 2.45) is 5.92 Å². The number of nitrogens with one attached hydrogen (secondary N) is 2. The number of hydrogen-bond donors (Lipinski definition) is 2. The molecule has 2 rings (SSSR count). The van der Waals surface area contributed by atoms with Crippen molar-refractivity contribution in [1.82, 2.24) is 25.6 Å². The van der Waals surface area contributed by atoms with Gasteiger partial charge in [0, 0.05) is 25.3 Å². The van der Waals surface area contributed by atoms with Gasteiger partial charge in [-0.3, -0.25) is 4.68 Å². The molecule has 20 heavy (non-hydrogen) atoms. The molecular weight excluding hydrogens is 250 g/mol. The Hall–Kier alpha value is -0.940. The van der Waals surface area contributed by atoms with Gasteiger partial charge in [0.2, 0.25) is 0 Å². The maximum absolute atomic E-state index is 4.20. The predicted octanol–water partition coefficient (Wildman–Crippen LogP) is 1.95. The molecule has 1 aliphatic rings. The lowest BCUT2D eigenvalue weighted by atomic mass is 10.2. The van der Waals surface area contributed by atoms with Crippen molar-refractivity contribution in [2.75, 3.05) is 13.1 Å². The third-order valence-electron chi connectivity index (χ3n) is 3.52. The fraction of sp³-hybridized carbons (Fsp3) is 0.867. The number of aromatic nitrogens is 3. The summed E-state index contributed by atoms with van der Waals surface area (Å²) < 4.78 is 1.97. The molecule has 0 saturated heterocycles. The first kappa shape index (κ1) is 15.4. The lowest BCUT2D eigenvalue weighted by Gasteiger charge is -2.04. The van der Waals surface area contributed by atoms with Crippen molar-refractivity contribution in [1.29, 1.82) is 0 Å². The van der Waals surface area contributed by atoms with Crippen LogP contribution in [0.3, 0.4) is 0 Å². The summed E-state index contributed by atoms with van der Waals surface area (Å²) in [4.78, 5) is 0. The van der Waals surface area contributed by atoms with Crippen molar-refractivity contribution in [3.05, 3.63) is 11.9 Å². The highest BCUT2D eigenvalue weighted by atomic mass is 15.4. The zero-order valence-electron chi connectivity index (χ0n) is 12.9. The van der Waals surface area contributed by atoms with Crippen LogP contribution in [0.5, 0.6) is 0 Å². The molecule has 1 fully saturated rings. The molecule has 0 spiro atoms. The number of rotatable bonds is 11.